The van der Waals surface area contributed by atoms with Crippen molar-refractivity contribution in [3.05, 3.63) is 30.9 Å². The minimum absolute atomic E-state index is 0.00545. The third-order valence-corrected chi connectivity index (χ3v) is 2.74. The molecule has 0 saturated heterocycles. The summed E-state index contributed by atoms with van der Waals surface area (Å²) >= 11 is 0. The first-order chi connectivity index (χ1) is 9.65. The molecular formula is C14H16N2O4. The maximum atomic E-state index is 11.8. The fourth-order valence-corrected chi connectivity index (χ4v) is 1.89. The van der Waals surface area contributed by atoms with E-state index in [2.05, 4.69) is 11.9 Å². The Morgan fingerprint density at radius 1 is 1.60 bits per heavy atom. The summed E-state index contributed by atoms with van der Waals surface area (Å²) in [5, 5.41) is 2.59. The normalized spacial score (nSPS) is 13.2. The van der Waals surface area contributed by atoms with Gasteiger partial charge < -0.3 is 14.4 Å². The second-order valence-corrected chi connectivity index (χ2v) is 4.11. The quantitative estimate of drug-likeness (QED) is 0.856. The van der Waals surface area contributed by atoms with Crippen LogP contribution in [-0.2, 0) is 9.53 Å². The number of hydrogen-bond acceptors (Lipinski definition) is 4. The Hall–Kier alpha value is -2.50. The molecule has 6 nitrogen and oxygen atoms in total. The Bertz CT molecular complexity index is 542. The number of hydrogen-bond donors (Lipinski definition) is 1. The SMILES string of the molecule is C=CCN1C(=O)COc2ccc(NC(=O)OCC)cc21. The smallest absolute Gasteiger partial charge is 0.411 e. The van der Waals surface area contributed by atoms with Crippen molar-refractivity contribution in [3.63, 3.8) is 0 Å². The lowest BCUT2D eigenvalue weighted by Gasteiger charge is -2.28. The van der Waals surface area contributed by atoms with Crippen LogP contribution >= 0.6 is 0 Å². The molecule has 0 fully saturated rings. The van der Waals surface area contributed by atoms with E-state index in [-0.39, 0.29) is 12.5 Å². The maximum absolute atomic E-state index is 11.8. The average molecular weight is 276 g/mol. The first-order valence-corrected chi connectivity index (χ1v) is 6.27. The van der Waals surface area contributed by atoms with Gasteiger partial charge in [-0.1, -0.05) is 6.08 Å². The molecule has 0 atom stereocenters. The van der Waals surface area contributed by atoms with Crippen molar-refractivity contribution in [1.82, 2.24) is 0 Å². The Morgan fingerprint density at radius 2 is 2.40 bits per heavy atom. The average Bonchev–Trinajstić information content (AvgIpc) is 2.42. The summed E-state index contributed by atoms with van der Waals surface area (Å²) in [6, 6.07) is 5.07. The van der Waals surface area contributed by atoms with Gasteiger partial charge in [0.25, 0.3) is 5.91 Å². The van der Waals surface area contributed by atoms with Gasteiger partial charge in [-0.25, -0.2) is 4.79 Å². The van der Waals surface area contributed by atoms with E-state index in [9.17, 15) is 9.59 Å². The number of carbonyl (C=O) groups excluding carboxylic acids is 2. The third kappa shape index (κ3) is 2.90. The van der Waals surface area contributed by atoms with E-state index in [1.54, 1.807) is 36.1 Å². The molecule has 106 valence electrons. The summed E-state index contributed by atoms with van der Waals surface area (Å²) < 4.78 is 10.2. The molecule has 2 rings (SSSR count). The van der Waals surface area contributed by atoms with Gasteiger partial charge in [0.2, 0.25) is 0 Å². The molecule has 1 aromatic carbocycles. The molecule has 0 bridgehead atoms. The van der Waals surface area contributed by atoms with Crippen molar-refractivity contribution in [3.8, 4) is 5.75 Å². The summed E-state index contributed by atoms with van der Waals surface area (Å²) in [7, 11) is 0. The standard InChI is InChI=1S/C14H16N2O4/c1-3-7-16-11-8-10(15-14(18)19-4-2)5-6-12(11)20-9-13(16)17/h3,5-6,8H,1,4,7,9H2,2H3,(H,15,18). The molecule has 1 N–H and O–H groups in total. The van der Waals surface area contributed by atoms with Crippen LogP contribution in [0.25, 0.3) is 0 Å². The molecule has 0 aromatic heterocycles. The van der Waals surface area contributed by atoms with Gasteiger partial charge in [-0.2, -0.15) is 0 Å². The monoisotopic (exact) mass is 276 g/mol. The lowest BCUT2D eigenvalue weighted by atomic mass is 10.2. The zero-order valence-corrected chi connectivity index (χ0v) is 11.2. The number of nitrogens with one attached hydrogen (secondary N) is 1. The number of nitrogens with zero attached hydrogens (tertiary/aromatic N) is 1. The summed E-state index contributed by atoms with van der Waals surface area (Å²) in [6.45, 7) is 6.04. The zero-order chi connectivity index (χ0) is 14.5. The van der Waals surface area contributed by atoms with Crippen LogP contribution in [-0.4, -0.2) is 31.8 Å². The largest absolute Gasteiger partial charge is 0.482 e. The Morgan fingerprint density at radius 3 is 3.10 bits per heavy atom. The van der Waals surface area contributed by atoms with Gasteiger partial charge in [0.1, 0.15) is 5.75 Å². The number of ether oxygens (including phenoxy) is 2. The molecule has 1 aromatic rings. The van der Waals surface area contributed by atoms with Crippen LogP contribution in [0.3, 0.4) is 0 Å². The second-order valence-electron chi connectivity index (χ2n) is 4.11. The number of carbonyl (C=O) groups is 2. The van der Waals surface area contributed by atoms with Crippen LogP contribution in [0.1, 0.15) is 6.92 Å². The molecule has 1 aliphatic rings. The van der Waals surface area contributed by atoms with Crippen LogP contribution in [0.5, 0.6) is 5.75 Å². The van der Waals surface area contributed by atoms with E-state index in [1.807, 2.05) is 0 Å². The molecule has 2 amide bonds. The molecule has 0 unspecified atom stereocenters. The second kappa shape index (κ2) is 6.10. The number of fused-ring (bicyclic) bond motifs is 1. The first kappa shape index (κ1) is 13.9. The van der Waals surface area contributed by atoms with Gasteiger partial charge in [-0.15, -0.1) is 6.58 Å². The van der Waals surface area contributed by atoms with Gasteiger partial charge >= 0.3 is 6.09 Å². The topological polar surface area (TPSA) is 67.9 Å². The molecule has 0 saturated carbocycles. The Balaban J connectivity index is 2.25. The van der Waals surface area contributed by atoms with E-state index < -0.39 is 6.09 Å². The minimum Gasteiger partial charge on any atom is -0.482 e. The number of anilines is 2. The van der Waals surface area contributed by atoms with Crippen molar-refractivity contribution in [1.29, 1.82) is 0 Å². The van der Waals surface area contributed by atoms with Crippen molar-refractivity contribution >= 4 is 23.4 Å². The number of amides is 2. The van der Waals surface area contributed by atoms with Gasteiger partial charge in [-0.05, 0) is 25.1 Å². The number of benzene rings is 1. The van der Waals surface area contributed by atoms with E-state index in [0.29, 0.717) is 30.3 Å². The van der Waals surface area contributed by atoms with E-state index in [0.717, 1.165) is 0 Å². The van der Waals surface area contributed by atoms with Crippen LogP contribution < -0.4 is 15.0 Å². The number of rotatable bonds is 4. The summed E-state index contributed by atoms with van der Waals surface area (Å²) in [6.07, 6.45) is 1.10. The van der Waals surface area contributed by atoms with Crippen molar-refractivity contribution in [2.45, 2.75) is 6.92 Å². The molecule has 0 spiro atoms. The van der Waals surface area contributed by atoms with Gasteiger partial charge in [-0.3, -0.25) is 10.1 Å². The predicted octanol–water partition coefficient (Wildman–Crippen LogP) is 2.17. The van der Waals surface area contributed by atoms with Gasteiger partial charge in [0.05, 0.1) is 12.3 Å². The van der Waals surface area contributed by atoms with Crippen LogP contribution in [0.2, 0.25) is 0 Å². The van der Waals surface area contributed by atoms with E-state index in [4.69, 9.17) is 9.47 Å². The van der Waals surface area contributed by atoms with Crippen molar-refractivity contribution < 1.29 is 19.1 Å². The molecule has 1 aliphatic heterocycles. The Kier molecular flexibility index (Phi) is 4.24. The highest BCUT2D eigenvalue weighted by Gasteiger charge is 2.24. The molecule has 20 heavy (non-hydrogen) atoms. The highest BCUT2D eigenvalue weighted by atomic mass is 16.5. The predicted molar refractivity (Wildman–Crippen MR) is 75.1 cm³/mol. The zero-order valence-electron chi connectivity index (χ0n) is 11.2. The lowest BCUT2D eigenvalue weighted by Crippen LogP contribution is -2.38. The molecule has 6 heteroatoms. The summed E-state index contributed by atoms with van der Waals surface area (Å²) in [4.78, 5) is 24.8. The molecule has 1 heterocycles. The van der Waals surface area contributed by atoms with Crippen molar-refractivity contribution in [2.75, 3.05) is 30.0 Å². The van der Waals surface area contributed by atoms with Crippen LogP contribution in [0, 0.1) is 0 Å². The van der Waals surface area contributed by atoms with Crippen molar-refractivity contribution in [2.24, 2.45) is 0 Å². The lowest BCUT2D eigenvalue weighted by molar-refractivity contribution is -0.121. The van der Waals surface area contributed by atoms with E-state index >= 15 is 0 Å². The molecular weight excluding hydrogens is 260 g/mol. The van der Waals surface area contributed by atoms with E-state index in [1.165, 1.54) is 0 Å². The maximum Gasteiger partial charge on any atom is 0.411 e. The summed E-state index contributed by atoms with van der Waals surface area (Å²) in [5.74, 6) is 0.451. The fraction of sp³-hybridized carbons (Fsp3) is 0.286. The summed E-state index contributed by atoms with van der Waals surface area (Å²) in [5.41, 5.74) is 1.14. The third-order valence-electron chi connectivity index (χ3n) is 2.74. The van der Waals surface area contributed by atoms with Gasteiger partial charge in [0.15, 0.2) is 6.61 Å². The highest BCUT2D eigenvalue weighted by Crippen LogP contribution is 2.34. The molecule has 0 radical (unpaired) electrons. The fourth-order valence-electron chi connectivity index (χ4n) is 1.89. The van der Waals surface area contributed by atoms with Crippen LogP contribution in [0.4, 0.5) is 16.2 Å². The Labute approximate surface area is 117 Å². The van der Waals surface area contributed by atoms with Gasteiger partial charge in [0, 0.05) is 12.2 Å². The van der Waals surface area contributed by atoms with Crippen LogP contribution in [0.15, 0.2) is 30.9 Å². The minimum atomic E-state index is -0.536. The molecule has 0 aliphatic carbocycles. The highest BCUT2D eigenvalue weighted by molar-refractivity contribution is 5.99. The first-order valence-electron chi connectivity index (χ1n) is 6.27.